The van der Waals surface area contributed by atoms with E-state index in [4.69, 9.17) is 9.72 Å². The molecule has 29 heavy (non-hydrogen) atoms. The number of ether oxygens (including phenoxy) is 1. The van der Waals surface area contributed by atoms with Gasteiger partial charge in [-0.05, 0) is 59.2 Å². The molecule has 0 saturated carbocycles. The molecule has 1 aromatic heterocycles. The number of carbonyl (C=O) groups is 1. The van der Waals surface area contributed by atoms with E-state index in [1.807, 2.05) is 31.9 Å². The topological polar surface area (TPSA) is 48.9 Å². The minimum absolute atomic E-state index is 0.212. The van der Waals surface area contributed by atoms with Crippen LogP contribution in [0.3, 0.4) is 0 Å². The van der Waals surface area contributed by atoms with Gasteiger partial charge in [0.25, 0.3) is 0 Å². The van der Waals surface area contributed by atoms with Crippen LogP contribution in [0.5, 0.6) is 0 Å². The third-order valence-corrected chi connectivity index (χ3v) is 5.82. The van der Waals surface area contributed by atoms with E-state index in [1.165, 1.54) is 50.8 Å². The summed E-state index contributed by atoms with van der Waals surface area (Å²) < 4.78 is 5.53. The van der Waals surface area contributed by atoms with Gasteiger partial charge in [0.05, 0.1) is 0 Å². The lowest BCUT2D eigenvalue weighted by Crippen LogP contribution is -2.50. The summed E-state index contributed by atoms with van der Waals surface area (Å²) in [5.74, 6) is 1.10. The zero-order chi connectivity index (χ0) is 20.9. The van der Waals surface area contributed by atoms with Crippen molar-refractivity contribution in [2.75, 3.05) is 44.2 Å². The highest BCUT2D eigenvalue weighted by atomic mass is 16.6. The Bertz CT molecular complexity index is 665. The van der Waals surface area contributed by atoms with Crippen molar-refractivity contribution in [1.82, 2.24) is 14.8 Å². The van der Waals surface area contributed by atoms with Crippen LogP contribution in [0.15, 0.2) is 18.3 Å². The van der Waals surface area contributed by atoms with Gasteiger partial charge in [-0.15, -0.1) is 0 Å². The number of carbonyl (C=O) groups excluding carboxylic acids is 1. The second kappa shape index (κ2) is 9.79. The third kappa shape index (κ3) is 5.84. The summed E-state index contributed by atoms with van der Waals surface area (Å²) in [7, 11) is 0. The van der Waals surface area contributed by atoms with Crippen LogP contribution in [-0.2, 0) is 4.74 Å². The SMILES string of the molecule is CCCCN1CCCC[C@H]1c1cccnc1N1CCN(C(=O)OC(C)(C)C)CC1. The Morgan fingerprint density at radius 3 is 2.62 bits per heavy atom. The van der Waals surface area contributed by atoms with Crippen molar-refractivity contribution in [2.45, 2.75) is 71.4 Å². The molecule has 0 bridgehead atoms. The quantitative estimate of drug-likeness (QED) is 0.727. The highest BCUT2D eigenvalue weighted by molar-refractivity contribution is 5.68. The molecular formula is C23H38N4O2. The van der Waals surface area contributed by atoms with E-state index in [2.05, 4.69) is 28.9 Å². The van der Waals surface area contributed by atoms with Gasteiger partial charge in [-0.3, -0.25) is 4.90 Å². The van der Waals surface area contributed by atoms with E-state index in [0.29, 0.717) is 19.1 Å². The minimum Gasteiger partial charge on any atom is -0.444 e. The molecule has 162 valence electrons. The lowest BCUT2D eigenvalue weighted by Gasteiger charge is -2.40. The number of aromatic nitrogens is 1. The molecule has 1 aromatic rings. The van der Waals surface area contributed by atoms with Gasteiger partial charge in [0.2, 0.25) is 0 Å². The van der Waals surface area contributed by atoms with Crippen molar-refractivity contribution >= 4 is 11.9 Å². The van der Waals surface area contributed by atoms with Gasteiger partial charge in [0.15, 0.2) is 0 Å². The van der Waals surface area contributed by atoms with E-state index >= 15 is 0 Å². The molecule has 6 heteroatoms. The molecule has 0 unspecified atom stereocenters. The summed E-state index contributed by atoms with van der Waals surface area (Å²) in [5, 5.41) is 0. The molecule has 2 fully saturated rings. The lowest BCUT2D eigenvalue weighted by atomic mass is 9.94. The van der Waals surface area contributed by atoms with E-state index < -0.39 is 5.60 Å². The monoisotopic (exact) mass is 402 g/mol. The van der Waals surface area contributed by atoms with E-state index in [-0.39, 0.29) is 6.09 Å². The zero-order valence-corrected chi connectivity index (χ0v) is 18.7. The second-order valence-corrected chi connectivity index (χ2v) is 9.27. The van der Waals surface area contributed by atoms with Crippen LogP contribution in [-0.4, -0.2) is 65.7 Å². The average molecular weight is 403 g/mol. The Morgan fingerprint density at radius 2 is 1.93 bits per heavy atom. The predicted molar refractivity (Wildman–Crippen MR) is 117 cm³/mol. The number of anilines is 1. The van der Waals surface area contributed by atoms with Gasteiger partial charge < -0.3 is 14.5 Å². The lowest BCUT2D eigenvalue weighted by molar-refractivity contribution is 0.0240. The summed E-state index contributed by atoms with van der Waals surface area (Å²) >= 11 is 0. The van der Waals surface area contributed by atoms with Crippen LogP contribution in [0.4, 0.5) is 10.6 Å². The molecule has 1 atom stereocenters. The van der Waals surface area contributed by atoms with Crippen LogP contribution in [0.25, 0.3) is 0 Å². The van der Waals surface area contributed by atoms with Crippen LogP contribution in [0.1, 0.15) is 71.4 Å². The molecule has 2 saturated heterocycles. The molecule has 6 nitrogen and oxygen atoms in total. The maximum Gasteiger partial charge on any atom is 0.410 e. The third-order valence-electron chi connectivity index (χ3n) is 5.82. The largest absolute Gasteiger partial charge is 0.444 e. The zero-order valence-electron chi connectivity index (χ0n) is 18.7. The summed E-state index contributed by atoms with van der Waals surface area (Å²) in [6, 6.07) is 4.79. The number of likely N-dealkylation sites (tertiary alicyclic amines) is 1. The van der Waals surface area contributed by atoms with Crippen molar-refractivity contribution in [3.63, 3.8) is 0 Å². The van der Waals surface area contributed by atoms with Gasteiger partial charge in [0, 0.05) is 44.0 Å². The molecule has 0 aliphatic carbocycles. The van der Waals surface area contributed by atoms with E-state index in [9.17, 15) is 4.79 Å². The van der Waals surface area contributed by atoms with E-state index in [0.717, 1.165) is 18.9 Å². The highest BCUT2D eigenvalue weighted by Crippen LogP contribution is 2.35. The van der Waals surface area contributed by atoms with E-state index in [1.54, 1.807) is 0 Å². The standard InChI is InChI=1S/C23H38N4O2/c1-5-6-13-25-14-8-7-11-20(25)19-10-9-12-24-21(19)26-15-17-27(18-16-26)22(28)29-23(2,3)4/h9-10,12,20H,5-8,11,13-18H2,1-4H3/t20-/m0/s1. The van der Waals surface area contributed by atoms with Gasteiger partial charge >= 0.3 is 6.09 Å². The first kappa shape index (κ1) is 21.9. The smallest absolute Gasteiger partial charge is 0.410 e. The van der Waals surface area contributed by atoms with Crippen LogP contribution in [0.2, 0.25) is 0 Å². The Hall–Kier alpha value is -1.82. The normalized spacial score (nSPS) is 21.3. The molecule has 0 N–H and O–H groups in total. The van der Waals surface area contributed by atoms with Crippen molar-refractivity contribution in [3.05, 3.63) is 23.9 Å². The molecule has 2 aliphatic heterocycles. The minimum atomic E-state index is -0.453. The van der Waals surface area contributed by atoms with Crippen molar-refractivity contribution < 1.29 is 9.53 Å². The Kier molecular flexibility index (Phi) is 7.38. The molecule has 3 heterocycles. The Balaban J connectivity index is 1.69. The fourth-order valence-electron chi connectivity index (χ4n) is 4.33. The molecule has 3 rings (SSSR count). The molecule has 2 aliphatic rings. The average Bonchev–Trinajstić information content (AvgIpc) is 2.71. The number of unbranched alkanes of at least 4 members (excludes halogenated alkanes) is 1. The van der Waals surface area contributed by atoms with Crippen LogP contribution >= 0.6 is 0 Å². The first-order valence-corrected chi connectivity index (χ1v) is 11.3. The van der Waals surface area contributed by atoms with Crippen molar-refractivity contribution in [1.29, 1.82) is 0 Å². The molecule has 1 amide bonds. The second-order valence-electron chi connectivity index (χ2n) is 9.27. The molecule has 0 spiro atoms. The Labute approximate surface area is 176 Å². The van der Waals surface area contributed by atoms with Crippen LogP contribution < -0.4 is 4.90 Å². The molecule has 0 aromatic carbocycles. The number of amides is 1. The maximum atomic E-state index is 12.4. The number of rotatable bonds is 5. The predicted octanol–water partition coefficient (Wildman–Crippen LogP) is 4.47. The summed E-state index contributed by atoms with van der Waals surface area (Å²) in [6.07, 6.45) is 7.96. The number of piperidine rings is 1. The Morgan fingerprint density at radius 1 is 1.17 bits per heavy atom. The fraction of sp³-hybridized carbons (Fsp3) is 0.739. The number of piperazine rings is 1. The number of nitrogens with zero attached hydrogens (tertiary/aromatic N) is 4. The fourth-order valence-corrected chi connectivity index (χ4v) is 4.33. The molecule has 0 radical (unpaired) electrons. The number of hydrogen-bond donors (Lipinski definition) is 0. The van der Waals surface area contributed by atoms with Crippen molar-refractivity contribution in [3.8, 4) is 0 Å². The van der Waals surface area contributed by atoms with Gasteiger partial charge in [0.1, 0.15) is 11.4 Å². The van der Waals surface area contributed by atoms with Crippen molar-refractivity contribution in [2.24, 2.45) is 0 Å². The van der Waals surface area contributed by atoms with Crippen LogP contribution in [0, 0.1) is 0 Å². The maximum absolute atomic E-state index is 12.4. The highest BCUT2D eigenvalue weighted by Gasteiger charge is 2.30. The summed E-state index contributed by atoms with van der Waals surface area (Å²) in [5.41, 5.74) is 0.903. The first-order valence-electron chi connectivity index (χ1n) is 11.3. The molecular weight excluding hydrogens is 364 g/mol. The summed E-state index contributed by atoms with van der Waals surface area (Å²) in [4.78, 5) is 24.0. The van der Waals surface area contributed by atoms with Gasteiger partial charge in [-0.1, -0.05) is 25.8 Å². The number of hydrogen-bond acceptors (Lipinski definition) is 5. The number of pyridine rings is 1. The first-order chi connectivity index (χ1) is 13.9. The summed E-state index contributed by atoms with van der Waals surface area (Å²) in [6.45, 7) is 13.3. The van der Waals surface area contributed by atoms with Gasteiger partial charge in [-0.25, -0.2) is 9.78 Å². The van der Waals surface area contributed by atoms with Gasteiger partial charge in [-0.2, -0.15) is 0 Å².